The van der Waals surface area contributed by atoms with Gasteiger partial charge in [-0.05, 0) is 19.4 Å². The summed E-state index contributed by atoms with van der Waals surface area (Å²) in [6, 6.07) is 2.50. The predicted molar refractivity (Wildman–Crippen MR) is 45.7 cm³/mol. The van der Waals surface area contributed by atoms with E-state index < -0.39 is 0 Å². The quantitative estimate of drug-likeness (QED) is 0.663. The van der Waals surface area contributed by atoms with Crippen molar-refractivity contribution in [2.24, 2.45) is 0 Å². The Hall–Kier alpha value is -1.12. The van der Waals surface area contributed by atoms with Crippen LogP contribution < -0.4 is 5.56 Å². The molecule has 0 fully saturated rings. The molecule has 2 nitrogen and oxygen atoms in total. The highest BCUT2D eigenvalue weighted by Crippen LogP contribution is 2.06. The molecule has 1 heterocycles. The van der Waals surface area contributed by atoms with E-state index in [9.17, 15) is 9.18 Å². The minimum absolute atomic E-state index is 0.0631. The molecule has 12 heavy (non-hydrogen) atoms. The lowest BCUT2D eigenvalue weighted by Crippen LogP contribution is -2.21. The van der Waals surface area contributed by atoms with Gasteiger partial charge in [-0.15, -0.1) is 0 Å². The molecule has 1 aromatic rings. The van der Waals surface area contributed by atoms with E-state index in [0.717, 1.165) is 6.42 Å². The molecule has 0 spiro atoms. The molecule has 1 atom stereocenters. The van der Waals surface area contributed by atoms with Gasteiger partial charge in [0.15, 0.2) is 0 Å². The fourth-order valence-corrected chi connectivity index (χ4v) is 1.02. The van der Waals surface area contributed by atoms with Gasteiger partial charge in [0.2, 0.25) is 0 Å². The van der Waals surface area contributed by atoms with Gasteiger partial charge < -0.3 is 4.57 Å². The molecular formula is C9H12FNO. The normalized spacial score (nSPS) is 12.9. The van der Waals surface area contributed by atoms with E-state index in [1.165, 1.54) is 22.9 Å². The Bertz CT molecular complexity index is 319. The van der Waals surface area contributed by atoms with Crippen molar-refractivity contribution in [2.75, 3.05) is 0 Å². The monoisotopic (exact) mass is 169 g/mol. The minimum Gasteiger partial charge on any atom is -0.310 e. The summed E-state index contributed by atoms with van der Waals surface area (Å²) in [4.78, 5) is 11.2. The van der Waals surface area contributed by atoms with Gasteiger partial charge >= 0.3 is 0 Å². The van der Waals surface area contributed by atoms with Crippen LogP contribution in [0, 0.1) is 5.82 Å². The molecular weight excluding hydrogens is 157 g/mol. The van der Waals surface area contributed by atoms with Gasteiger partial charge in [0, 0.05) is 18.3 Å². The third-order valence-electron chi connectivity index (χ3n) is 1.97. The van der Waals surface area contributed by atoms with Crippen molar-refractivity contribution in [2.45, 2.75) is 26.3 Å². The molecule has 0 aliphatic rings. The van der Waals surface area contributed by atoms with E-state index >= 15 is 0 Å². The van der Waals surface area contributed by atoms with E-state index in [0.29, 0.717) is 0 Å². The molecule has 0 bridgehead atoms. The number of rotatable bonds is 2. The van der Waals surface area contributed by atoms with Crippen molar-refractivity contribution >= 4 is 0 Å². The smallest absolute Gasteiger partial charge is 0.250 e. The second-order valence-electron chi connectivity index (χ2n) is 2.85. The van der Waals surface area contributed by atoms with Crippen LogP contribution >= 0.6 is 0 Å². The maximum absolute atomic E-state index is 12.7. The Labute approximate surface area is 70.6 Å². The summed E-state index contributed by atoms with van der Waals surface area (Å²) in [5.74, 6) is -0.366. The number of aromatic nitrogens is 1. The average Bonchev–Trinajstić information content (AvgIpc) is 2.08. The highest BCUT2D eigenvalue weighted by atomic mass is 19.1. The summed E-state index contributed by atoms with van der Waals surface area (Å²) in [5, 5.41) is 0. The lowest BCUT2D eigenvalue weighted by Gasteiger charge is -2.11. The molecule has 0 aliphatic carbocycles. The Morgan fingerprint density at radius 1 is 1.58 bits per heavy atom. The van der Waals surface area contributed by atoms with Gasteiger partial charge in [-0.1, -0.05) is 6.92 Å². The van der Waals surface area contributed by atoms with Crippen molar-refractivity contribution in [3.63, 3.8) is 0 Å². The first-order valence-corrected chi connectivity index (χ1v) is 4.03. The highest BCUT2D eigenvalue weighted by Gasteiger charge is 2.03. The Morgan fingerprint density at radius 3 is 2.83 bits per heavy atom. The molecule has 66 valence electrons. The van der Waals surface area contributed by atoms with Crippen LogP contribution in [0.25, 0.3) is 0 Å². The maximum atomic E-state index is 12.7. The van der Waals surface area contributed by atoms with Crippen LogP contribution in [0.1, 0.15) is 26.3 Å². The van der Waals surface area contributed by atoms with Gasteiger partial charge in [-0.2, -0.15) is 0 Å². The first-order chi connectivity index (χ1) is 5.65. The van der Waals surface area contributed by atoms with Crippen molar-refractivity contribution < 1.29 is 4.39 Å². The topological polar surface area (TPSA) is 22.0 Å². The Morgan fingerprint density at radius 2 is 2.25 bits per heavy atom. The Balaban J connectivity index is 3.13. The summed E-state index contributed by atoms with van der Waals surface area (Å²) >= 11 is 0. The predicted octanol–water partition coefficient (Wildman–Crippen LogP) is 1.96. The molecule has 0 saturated heterocycles. The summed E-state index contributed by atoms with van der Waals surface area (Å²) in [6.07, 6.45) is 2.07. The lowest BCUT2D eigenvalue weighted by molar-refractivity contribution is 0.492. The molecule has 3 heteroatoms. The molecule has 0 saturated carbocycles. The van der Waals surface area contributed by atoms with Crippen molar-refractivity contribution in [1.82, 2.24) is 4.57 Å². The van der Waals surface area contributed by atoms with Crippen LogP contribution in [0.15, 0.2) is 23.1 Å². The molecule has 0 radical (unpaired) electrons. The first-order valence-electron chi connectivity index (χ1n) is 4.03. The zero-order chi connectivity index (χ0) is 9.14. The van der Waals surface area contributed by atoms with Gasteiger partial charge in [-0.3, -0.25) is 4.79 Å². The van der Waals surface area contributed by atoms with Gasteiger partial charge in [0.1, 0.15) is 5.82 Å². The van der Waals surface area contributed by atoms with Gasteiger partial charge in [0.05, 0.1) is 0 Å². The second-order valence-corrected chi connectivity index (χ2v) is 2.85. The molecule has 1 rings (SSSR count). The SMILES string of the molecule is CCC(C)n1cc(F)ccc1=O. The molecule has 1 aromatic heterocycles. The summed E-state index contributed by atoms with van der Waals surface area (Å²) < 4.78 is 14.1. The van der Waals surface area contributed by atoms with E-state index in [1.807, 2.05) is 13.8 Å². The van der Waals surface area contributed by atoms with E-state index in [-0.39, 0.29) is 17.4 Å². The zero-order valence-corrected chi connectivity index (χ0v) is 7.25. The molecule has 0 aromatic carbocycles. The molecule has 0 amide bonds. The summed E-state index contributed by atoms with van der Waals surface area (Å²) in [5.41, 5.74) is -0.147. The third-order valence-corrected chi connectivity index (χ3v) is 1.97. The van der Waals surface area contributed by atoms with E-state index in [1.54, 1.807) is 0 Å². The first kappa shape index (κ1) is 8.97. The largest absolute Gasteiger partial charge is 0.310 e. The number of hydrogen-bond acceptors (Lipinski definition) is 1. The molecule has 0 aliphatic heterocycles. The van der Waals surface area contributed by atoms with Crippen LogP contribution in [0.2, 0.25) is 0 Å². The number of nitrogens with zero attached hydrogens (tertiary/aromatic N) is 1. The van der Waals surface area contributed by atoms with Crippen molar-refractivity contribution in [1.29, 1.82) is 0 Å². The molecule has 1 unspecified atom stereocenters. The van der Waals surface area contributed by atoms with Crippen LogP contribution in [0.5, 0.6) is 0 Å². The van der Waals surface area contributed by atoms with Crippen LogP contribution in [-0.4, -0.2) is 4.57 Å². The number of pyridine rings is 1. The van der Waals surface area contributed by atoms with Crippen LogP contribution in [0.3, 0.4) is 0 Å². The van der Waals surface area contributed by atoms with Crippen LogP contribution in [-0.2, 0) is 0 Å². The fourth-order valence-electron chi connectivity index (χ4n) is 1.02. The summed E-state index contributed by atoms with van der Waals surface area (Å²) in [6.45, 7) is 3.85. The maximum Gasteiger partial charge on any atom is 0.250 e. The summed E-state index contributed by atoms with van der Waals surface area (Å²) in [7, 11) is 0. The van der Waals surface area contributed by atoms with Crippen molar-refractivity contribution in [3.05, 3.63) is 34.5 Å². The number of halogens is 1. The van der Waals surface area contributed by atoms with Gasteiger partial charge in [0.25, 0.3) is 5.56 Å². The van der Waals surface area contributed by atoms with E-state index in [4.69, 9.17) is 0 Å². The molecule has 0 N–H and O–H groups in total. The van der Waals surface area contributed by atoms with Gasteiger partial charge in [-0.25, -0.2) is 4.39 Å². The highest BCUT2D eigenvalue weighted by molar-refractivity contribution is 4.97. The zero-order valence-electron chi connectivity index (χ0n) is 7.25. The Kier molecular flexibility index (Phi) is 2.63. The number of hydrogen-bond donors (Lipinski definition) is 0. The third kappa shape index (κ3) is 1.72. The van der Waals surface area contributed by atoms with Crippen LogP contribution in [0.4, 0.5) is 4.39 Å². The van der Waals surface area contributed by atoms with E-state index in [2.05, 4.69) is 0 Å². The second kappa shape index (κ2) is 3.52. The fraction of sp³-hybridized carbons (Fsp3) is 0.444. The lowest BCUT2D eigenvalue weighted by atomic mass is 10.2. The minimum atomic E-state index is -0.366. The standard InChI is InChI=1S/C9H12FNO/c1-3-7(2)11-6-8(10)4-5-9(11)12/h4-7H,3H2,1-2H3. The van der Waals surface area contributed by atoms with Crippen molar-refractivity contribution in [3.8, 4) is 0 Å². The average molecular weight is 169 g/mol.